The van der Waals surface area contributed by atoms with Gasteiger partial charge in [0.05, 0.1) is 10.8 Å². The molecule has 4 nitrogen and oxygen atoms in total. The van der Waals surface area contributed by atoms with Crippen molar-refractivity contribution < 1.29 is 19.8 Å². The Kier molecular flexibility index (Phi) is 12.4. The van der Waals surface area contributed by atoms with Gasteiger partial charge in [-0.25, -0.2) is 0 Å². The van der Waals surface area contributed by atoms with Gasteiger partial charge in [-0.2, -0.15) is 0 Å². The zero-order valence-electron chi connectivity index (χ0n) is 20.4. The molecular weight excluding hydrogens is 400 g/mol. The van der Waals surface area contributed by atoms with Gasteiger partial charge in [-0.3, -0.25) is 9.59 Å². The first-order valence-electron chi connectivity index (χ1n) is 13.6. The SMILES string of the molecule is O=C(O)C1(CCCCCC/C=C/CCCCCCC2(C(=O)O)CCCCC2)CCCCC1. The molecule has 0 amide bonds. The van der Waals surface area contributed by atoms with Crippen molar-refractivity contribution in [3.8, 4) is 0 Å². The van der Waals surface area contributed by atoms with Gasteiger partial charge in [0.25, 0.3) is 0 Å². The van der Waals surface area contributed by atoms with E-state index in [-0.39, 0.29) is 0 Å². The quantitative estimate of drug-likeness (QED) is 0.184. The molecular formula is C28H48O4. The predicted molar refractivity (Wildman–Crippen MR) is 131 cm³/mol. The van der Waals surface area contributed by atoms with E-state index in [0.29, 0.717) is 0 Å². The van der Waals surface area contributed by atoms with E-state index in [1.807, 2.05) is 0 Å². The third-order valence-electron chi connectivity index (χ3n) is 8.25. The first kappa shape index (κ1) is 26.9. The van der Waals surface area contributed by atoms with Gasteiger partial charge >= 0.3 is 11.9 Å². The fourth-order valence-electron chi connectivity index (χ4n) is 5.99. The van der Waals surface area contributed by atoms with Crippen LogP contribution in [0.15, 0.2) is 12.2 Å². The second-order valence-electron chi connectivity index (χ2n) is 10.7. The van der Waals surface area contributed by atoms with Crippen LogP contribution in [-0.4, -0.2) is 22.2 Å². The van der Waals surface area contributed by atoms with Crippen molar-refractivity contribution in [1.29, 1.82) is 0 Å². The molecule has 0 saturated heterocycles. The largest absolute Gasteiger partial charge is 0.481 e. The average molecular weight is 449 g/mol. The van der Waals surface area contributed by atoms with E-state index >= 15 is 0 Å². The zero-order chi connectivity index (χ0) is 23.1. The second kappa shape index (κ2) is 14.8. The third kappa shape index (κ3) is 8.90. The number of rotatable bonds is 16. The summed E-state index contributed by atoms with van der Waals surface area (Å²) in [7, 11) is 0. The predicted octanol–water partition coefficient (Wildman–Crippen LogP) is 8.29. The lowest BCUT2D eigenvalue weighted by Crippen LogP contribution is -2.33. The standard InChI is InChI=1S/C28H48O4/c29-25(30)27(21-15-11-16-22-27)19-13-9-7-5-3-1-2-4-6-8-10-14-20-28(26(31)32)23-17-12-18-24-28/h1-2H,3-24H2,(H,29,30)(H,31,32)/b2-1+. The Labute approximate surface area is 196 Å². The summed E-state index contributed by atoms with van der Waals surface area (Å²) in [4.78, 5) is 23.4. The van der Waals surface area contributed by atoms with Gasteiger partial charge < -0.3 is 10.2 Å². The molecule has 0 aromatic heterocycles. The fourth-order valence-corrected chi connectivity index (χ4v) is 5.99. The van der Waals surface area contributed by atoms with Gasteiger partial charge in [0, 0.05) is 0 Å². The van der Waals surface area contributed by atoms with Gasteiger partial charge in [-0.15, -0.1) is 0 Å². The first-order valence-corrected chi connectivity index (χ1v) is 13.6. The fraction of sp³-hybridized carbons (Fsp3) is 0.857. The van der Waals surface area contributed by atoms with Crippen LogP contribution < -0.4 is 0 Å². The highest BCUT2D eigenvalue weighted by Gasteiger charge is 2.39. The number of carboxylic acids is 2. The van der Waals surface area contributed by atoms with Crippen LogP contribution in [0.4, 0.5) is 0 Å². The molecule has 0 radical (unpaired) electrons. The molecule has 4 heteroatoms. The Bertz CT molecular complexity index is 518. The van der Waals surface area contributed by atoms with Crippen LogP contribution in [-0.2, 0) is 9.59 Å². The normalized spacial score (nSPS) is 20.4. The van der Waals surface area contributed by atoms with Crippen molar-refractivity contribution in [3.63, 3.8) is 0 Å². The molecule has 0 spiro atoms. The van der Waals surface area contributed by atoms with Gasteiger partial charge in [-0.05, 0) is 64.2 Å². The lowest BCUT2D eigenvalue weighted by atomic mass is 9.71. The lowest BCUT2D eigenvalue weighted by molar-refractivity contribution is -0.152. The highest BCUT2D eigenvalue weighted by atomic mass is 16.4. The van der Waals surface area contributed by atoms with E-state index < -0.39 is 22.8 Å². The maximum atomic E-state index is 11.7. The number of carboxylic acid groups (broad SMARTS) is 2. The van der Waals surface area contributed by atoms with Crippen molar-refractivity contribution >= 4 is 11.9 Å². The molecule has 0 aromatic rings. The van der Waals surface area contributed by atoms with E-state index in [1.54, 1.807) is 0 Å². The van der Waals surface area contributed by atoms with E-state index in [2.05, 4.69) is 12.2 Å². The molecule has 0 unspecified atom stereocenters. The molecule has 0 atom stereocenters. The molecule has 2 aliphatic carbocycles. The highest BCUT2D eigenvalue weighted by Crippen LogP contribution is 2.42. The summed E-state index contributed by atoms with van der Waals surface area (Å²) in [5.41, 5.74) is -0.828. The molecule has 184 valence electrons. The van der Waals surface area contributed by atoms with Crippen LogP contribution in [0.25, 0.3) is 0 Å². The topological polar surface area (TPSA) is 74.6 Å². The Hall–Kier alpha value is -1.32. The summed E-state index contributed by atoms with van der Waals surface area (Å²) in [5, 5.41) is 19.3. The molecule has 0 bridgehead atoms. The Morgan fingerprint density at radius 2 is 0.875 bits per heavy atom. The van der Waals surface area contributed by atoms with Gasteiger partial charge in [-0.1, -0.05) is 89.2 Å². The summed E-state index contributed by atoms with van der Waals surface area (Å²) in [6.07, 6.45) is 28.1. The molecule has 0 heterocycles. The van der Waals surface area contributed by atoms with Crippen LogP contribution in [0.5, 0.6) is 0 Å². The minimum Gasteiger partial charge on any atom is -0.481 e. The number of hydrogen-bond donors (Lipinski definition) is 2. The smallest absolute Gasteiger partial charge is 0.309 e. The minimum atomic E-state index is -0.560. The molecule has 0 aromatic carbocycles. The van der Waals surface area contributed by atoms with Crippen LogP contribution in [0, 0.1) is 10.8 Å². The van der Waals surface area contributed by atoms with Gasteiger partial charge in [0.15, 0.2) is 0 Å². The van der Waals surface area contributed by atoms with Crippen LogP contribution in [0.2, 0.25) is 0 Å². The number of allylic oxidation sites excluding steroid dienone is 2. The second-order valence-corrected chi connectivity index (χ2v) is 10.7. The van der Waals surface area contributed by atoms with E-state index in [4.69, 9.17) is 0 Å². The van der Waals surface area contributed by atoms with E-state index in [9.17, 15) is 19.8 Å². The minimum absolute atomic E-state index is 0.414. The molecule has 2 fully saturated rings. The summed E-state index contributed by atoms with van der Waals surface area (Å²) in [5.74, 6) is -1.12. The number of hydrogen-bond acceptors (Lipinski definition) is 2. The number of carbonyl (C=O) groups is 2. The Morgan fingerprint density at radius 3 is 1.22 bits per heavy atom. The zero-order valence-corrected chi connectivity index (χ0v) is 20.4. The molecule has 2 aliphatic rings. The maximum Gasteiger partial charge on any atom is 0.309 e. The molecule has 2 N–H and O–H groups in total. The maximum absolute atomic E-state index is 11.7. The first-order chi connectivity index (χ1) is 15.5. The van der Waals surface area contributed by atoms with Crippen molar-refractivity contribution in [3.05, 3.63) is 12.2 Å². The monoisotopic (exact) mass is 448 g/mol. The Balaban J connectivity index is 1.42. The van der Waals surface area contributed by atoms with Crippen LogP contribution >= 0.6 is 0 Å². The van der Waals surface area contributed by atoms with Crippen molar-refractivity contribution in [2.75, 3.05) is 0 Å². The lowest BCUT2D eigenvalue weighted by Gasteiger charge is -2.33. The van der Waals surface area contributed by atoms with Crippen molar-refractivity contribution in [1.82, 2.24) is 0 Å². The number of aliphatic carboxylic acids is 2. The molecule has 2 saturated carbocycles. The van der Waals surface area contributed by atoms with Crippen molar-refractivity contribution in [2.45, 2.75) is 141 Å². The Morgan fingerprint density at radius 1 is 0.531 bits per heavy atom. The van der Waals surface area contributed by atoms with Crippen molar-refractivity contribution in [2.24, 2.45) is 10.8 Å². The molecule has 2 rings (SSSR count). The summed E-state index contributed by atoms with van der Waals surface area (Å²) < 4.78 is 0. The summed E-state index contributed by atoms with van der Waals surface area (Å²) in [6, 6.07) is 0. The highest BCUT2D eigenvalue weighted by molar-refractivity contribution is 5.75. The van der Waals surface area contributed by atoms with E-state index in [1.165, 1.54) is 38.5 Å². The summed E-state index contributed by atoms with van der Waals surface area (Å²) >= 11 is 0. The van der Waals surface area contributed by atoms with Gasteiger partial charge in [0.2, 0.25) is 0 Å². The average Bonchev–Trinajstić information content (AvgIpc) is 2.80. The summed E-state index contributed by atoms with van der Waals surface area (Å²) in [6.45, 7) is 0. The third-order valence-corrected chi connectivity index (χ3v) is 8.25. The molecule has 0 aliphatic heterocycles. The van der Waals surface area contributed by atoms with Crippen LogP contribution in [0.3, 0.4) is 0 Å². The molecule has 32 heavy (non-hydrogen) atoms. The van der Waals surface area contributed by atoms with Gasteiger partial charge in [0.1, 0.15) is 0 Å². The van der Waals surface area contributed by atoms with Crippen LogP contribution in [0.1, 0.15) is 141 Å². The van der Waals surface area contributed by atoms with E-state index in [0.717, 1.165) is 103 Å². The number of unbranched alkanes of at least 4 members (excludes halogenated alkanes) is 8.